The minimum absolute atomic E-state index is 0.141. The third kappa shape index (κ3) is 3.55. The van der Waals surface area contributed by atoms with Crippen molar-refractivity contribution in [1.82, 2.24) is 5.32 Å². The number of ether oxygens (including phenoxy) is 1. The van der Waals surface area contributed by atoms with E-state index in [0.717, 1.165) is 19.3 Å². The molecule has 1 aliphatic carbocycles. The van der Waals surface area contributed by atoms with Crippen LogP contribution in [0, 0.1) is 5.92 Å². The fourth-order valence-electron chi connectivity index (χ4n) is 2.46. The fraction of sp³-hybridized carbons (Fsp3) is 0.500. The standard InChI is InChI=1S/C14H19ClN2O3/c1-20-13-10(15)5-3-6-11(13)17-14(19)16-8-9-4-2-7-12(9)18/h3,5-6,9,12,18H,2,4,7-8H2,1H3,(H2,16,17,19)/t9-,12+/m0/s1. The first-order valence-corrected chi connectivity index (χ1v) is 7.05. The molecule has 6 heteroatoms. The maximum absolute atomic E-state index is 11.9. The summed E-state index contributed by atoms with van der Waals surface area (Å²) >= 11 is 5.98. The van der Waals surface area contributed by atoms with Crippen LogP contribution >= 0.6 is 11.6 Å². The number of methoxy groups -OCH3 is 1. The fourth-order valence-corrected chi connectivity index (χ4v) is 2.71. The minimum Gasteiger partial charge on any atom is -0.493 e. The summed E-state index contributed by atoms with van der Waals surface area (Å²) in [5, 5.41) is 15.6. The number of carbonyl (C=O) groups excluding carboxylic acids is 1. The number of nitrogens with one attached hydrogen (secondary N) is 2. The van der Waals surface area contributed by atoms with E-state index in [2.05, 4.69) is 10.6 Å². The largest absolute Gasteiger partial charge is 0.493 e. The minimum atomic E-state index is -0.329. The summed E-state index contributed by atoms with van der Waals surface area (Å²) in [5.41, 5.74) is 0.518. The van der Waals surface area contributed by atoms with Crippen LogP contribution in [0.3, 0.4) is 0 Å². The van der Waals surface area contributed by atoms with Gasteiger partial charge in [-0.3, -0.25) is 0 Å². The van der Waals surface area contributed by atoms with Crippen molar-refractivity contribution in [2.45, 2.75) is 25.4 Å². The maximum Gasteiger partial charge on any atom is 0.319 e. The van der Waals surface area contributed by atoms with Gasteiger partial charge in [0.2, 0.25) is 0 Å². The third-order valence-electron chi connectivity index (χ3n) is 3.56. The van der Waals surface area contributed by atoms with Crippen LogP contribution < -0.4 is 15.4 Å². The van der Waals surface area contributed by atoms with Gasteiger partial charge in [0.1, 0.15) is 0 Å². The molecular formula is C14H19ClN2O3. The van der Waals surface area contributed by atoms with Gasteiger partial charge in [0.15, 0.2) is 5.75 Å². The average molecular weight is 299 g/mol. The molecule has 0 aliphatic heterocycles. The Balaban J connectivity index is 1.90. The molecule has 2 atom stereocenters. The zero-order chi connectivity index (χ0) is 14.5. The van der Waals surface area contributed by atoms with Gasteiger partial charge in [-0.05, 0) is 25.0 Å². The van der Waals surface area contributed by atoms with Gasteiger partial charge < -0.3 is 20.5 Å². The lowest BCUT2D eigenvalue weighted by molar-refractivity contribution is 0.133. The van der Waals surface area contributed by atoms with E-state index in [9.17, 15) is 9.90 Å². The molecule has 110 valence electrons. The molecule has 2 amide bonds. The molecule has 20 heavy (non-hydrogen) atoms. The number of rotatable bonds is 4. The van der Waals surface area contributed by atoms with Crippen molar-refractivity contribution in [3.05, 3.63) is 23.2 Å². The van der Waals surface area contributed by atoms with Crippen LogP contribution in [0.25, 0.3) is 0 Å². The zero-order valence-corrected chi connectivity index (χ0v) is 12.1. The molecule has 0 heterocycles. The molecule has 0 unspecified atom stereocenters. The molecule has 1 saturated carbocycles. The molecule has 0 bridgehead atoms. The third-order valence-corrected chi connectivity index (χ3v) is 3.86. The van der Waals surface area contributed by atoms with E-state index in [4.69, 9.17) is 16.3 Å². The number of hydrogen-bond donors (Lipinski definition) is 3. The summed E-state index contributed by atoms with van der Waals surface area (Å²) in [6, 6.07) is 4.82. The lowest BCUT2D eigenvalue weighted by Gasteiger charge is -2.16. The van der Waals surface area contributed by atoms with E-state index in [0.29, 0.717) is 23.0 Å². The number of para-hydroxylation sites is 1. The number of aliphatic hydroxyl groups excluding tert-OH is 1. The molecule has 3 N–H and O–H groups in total. The van der Waals surface area contributed by atoms with Crippen LogP contribution in [0.5, 0.6) is 5.75 Å². The normalized spacial score (nSPS) is 21.6. The van der Waals surface area contributed by atoms with E-state index in [-0.39, 0.29) is 18.1 Å². The second-order valence-electron chi connectivity index (χ2n) is 4.91. The first kappa shape index (κ1) is 14.9. The van der Waals surface area contributed by atoms with Gasteiger partial charge in [0, 0.05) is 12.5 Å². The van der Waals surface area contributed by atoms with Gasteiger partial charge in [-0.25, -0.2) is 4.79 Å². The highest BCUT2D eigenvalue weighted by atomic mass is 35.5. The molecule has 1 aliphatic rings. The van der Waals surface area contributed by atoms with Gasteiger partial charge in [0.25, 0.3) is 0 Å². The molecule has 1 aromatic rings. The highest BCUT2D eigenvalue weighted by Gasteiger charge is 2.25. The monoisotopic (exact) mass is 298 g/mol. The van der Waals surface area contributed by atoms with Crippen LogP contribution in [0.4, 0.5) is 10.5 Å². The van der Waals surface area contributed by atoms with Gasteiger partial charge in [-0.15, -0.1) is 0 Å². The van der Waals surface area contributed by atoms with E-state index in [1.807, 2.05) is 0 Å². The van der Waals surface area contributed by atoms with Crippen molar-refractivity contribution in [2.24, 2.45) is 5.92 Å². The Morgan fingerprint density at radius 3 is 2.95 bits per heavy atom. The van der Waals surface area contributed by atoms with Crippen molar-refractivity contribution < 1.29 is 14.6 Å². The van der Waals surface area contributed by atoms with Crippen LogP contribution in [0.2, 0.25) is 5.02 Å². The highest BCUT2D eigenvalue weighted by molar-refractivity contribution is 6.32. The Morgan fingerprint density at radius 2 is 2.30 bits per heavy atom. The predicted molar refractivity (Wildman–Crippen MR) is 78.4 cm³/mol. The lowest BCUT2D eigenvalue weighted by atomic mass is 10.1. The topological polar surface area (TPSA) is 70.6 Å². The number of anilines is 1. The van der Waals surface area contributed by atoms with Gasteiger partial charge in [-0.2, -0.15) is 0 Å². The highest BCUT2D eigenvalue weighted by Crippen LogP contribution is 2.32. The first-order chi connectivity index (χ1) is 9.61. The van der Waals surface area contributed by atoms with Crippen molar-refractivity contribution in [1.29, 1.82) is 0 Å². The second kappa shape index (κ2) is 6.81. The van der Waals surface area contributed by atoms with Crippen molar-refractivity contribution in [2.75, 3.05) is 19.0 Å². The van der Waals surface area contributed by atoms with Gasteiger partial charge in [-0.1, -0.05) is 24.1 Å². The van der Waals surface area contributed by atoms with Crippen LogP contribution in [0.1, 0.15) is 19.3 Å². The molecular weight excluding hydrogens is 280 g/mol. The summed E-state index contributed by atoms with van der Waals surface area (Å²) in [4.78, 5) is 11.9. The quantitative estimate of drug-likeness (QED) is 0.800. The van der Waals surface area contributed by atoms with Crippen LogP contribution in [-0.4, -0.2) is 30.9 Å². The van der Waals surface area contributed by atoms with Crippen molar-refractivity contribution in [3.63, 3.8) is 0 Å². The summed E-state index contributed by atoms with van der Waals surface area (Å²) in [5.74, 6) is 0.576. The maximum atomic E-state index is 11.9. The number of urea groups is 1. The average Bonchev–Trinajstić information content (AvgIpc) is 2.82. The molecule has 0 spiro atoms. The Bertz CT molecular complexity index is 481. The molecule has 1 fully saturated rings. The zero-order valence-electron chi connectivity index (χ0n) is 11.4. The van der Waals surface area contributed by atoms with E-state index < -0.39 is 0 Å². The van der Waals surface area contributed by atoms with Crippen molar-refractivity contribution >= 4 is 23.3 Å². The van der Waals surface area contributed by atoms with Crippen LogP contribution in [-0.2, 0) is 0 Å². The van der Waals surface area contributed by atoms with Crippen molar-refractivity contribution in [3.8, 4) is 5.75 Å². The summed E-state index contributed by atoms with van der Waals surface area (Å²) < 4.78 is 5.16. The second-order valence-corrected chi connectivity index (χ2v) is 5.32. The number of hydrogen-bond acceptors (Lipinski definition) is 3. The number of benzene rings is 1. The smallest absolute Gasteiger partial charge is 0.319 e. The lowest BCUT2D eigenvalue weighted by Crippen LogP contribution is -2.35. The SMILES string of the molecule is COc1c(Cl)cccc1NC(=O)NC[C@@H]1CCC[C@H]1O. The predicted octanol–water partition coefficient (Wildman–Crippen LogP) is 2.63. The molecule has 0 aromatic heterocycles. The molecule has 5 nitrogen and oxygen atoms in total. The summed E-state index contributed by atoms with van der Waals surface area (Å²) in [6.07, 6.45) is 2.46. The van der Waals surface area contributed by atoms with Gasteiger partial charge in [0.05, 0.1) is 23.9 Å². The van der Waals surface area contributed by atoms with E-state index >= 15 is 0 Å². The molecule has 0 saturated heterocycles. The number of halogens is 1. The van der Waals surface area contributed by atoms with E-state index in [1.54, 1.807) is 18.2 Å². The Morgan fingerprint density at radius 1 is 1.50 bits per heavy atom. The Kier molecular flexibility index (Phi) is 5.09. The molecule has 1 aromatic carbocycles. The first-order valence-electron chi connectivity index (χ1n) is 6.67. The number of aliphatic hydroxyl groups is 1. The Labute approximate surface area is 123 Å². The van der Waals surface area contributed by atoms with E-state index in [1.165, 1.54) is 7.11 Å². The summed E-state index contributed by atoms with van der Waals surface area (Å²) in [7, 11) is 1.50. The number of amides is 2. The van der Waals surface area contributed by atoms with Crippen LogP contribution in [0.15, 0.2) is 18.2 Å². The Hall–Kier alpha value is -1.46. The van der Waals surface area contributed by atoms with Gasteiger partial charge >= 0.3 is 6.03 Å². The molecule has 0 radical (unpaired) electrons. The summed E-state index contributed by atoms with van der Waals surface area (Å²) in [6.45, 7) is 0.468. The number of carbonyl (C=O) groups is 1. The molecule has 2 rings (SSSR count).